The topological polar surface area (TPSA) is 20.3 Å². The van der Waals surface area contributed by atoms with Gasteiger partial charge >= 0.3 is 0 Å². The molecule has 1 aliphatic rings. The van der Waals surface area contributed by atoms with Crippen molar-refractivity contribution in [3.05, 3.63) is 35.0 Å². The summed E-state index contributed by atoms with van der Waals surface area (Å²) < 4.78 is 0. The standard InChI is InChI=1S/C11H13NOS/c1-2-11(13)12-7-3-5-9(12)10-6-4-8-14-10/h2,4,6,8-9H,1,3,5,7H2/t9-/m1/s1. The van der Waals surface area contributed by atoms with E-state index in [1.807, 2.05) is 11.0 Å². The van der Waals surface area contributed by atoms with Crippen molar-refractivity contribution in [2.24, 2.45) is 0 Å². The molecule has 0 spiro atoms. The second kappa shape index (κ2) is 3.96. The molecule has 2 heterocycles. The monoisotopic (exact) mass is 207 g/mol. The van der Waals surface area contributed by atoms with Gasteiger partial charge in [0.2, 0.25) is 5.91 Å². The highest BCUT2D eigenvalue weighted by Crippen LogP contribution is 2.34. The summed E-state index contributed by atoms with van der Waals surface area (Å²) in [7, 11) is 0. The molecule has 0 unspecified atom stereocenters. The van der Waals surface area contributed by atoms with E-state index in [-0.39, 0.29) is 5.91 Å². The van der Waals surface area contributed by atoms with E-state index in [4.69, 9.17) is 0 Å². The smallest absolute Gasteiger partial charge is 0.246 e. The van der Waals surface area contributed by atoms with Gasteiger partial charge in [-0.05, 0) is 30.4 Å². The van der Waals surface area contributed by atoms with Crippen molar-refractivity contribution >= 4 is 17.2 Å². The van der Waals surface area contributed by atoms with Crippen molar-refractivity contribution < 1.29 is 4.79 Å². The Bertz CT molecular complexity index is 331. The van der Waals surface area contributed by atoms with Crippen molar-refractivity contribution in [3.63, 3.8) is 0 Å². The lowest BCUT2D eigenvalue weighted by atomic mass is 10.2. The van der Waals surface area contributed by atoms with Gasteiger partial charge in [0, 0.05) is 11.4 Å². The van der Waals surface area contributed by atoms with E-state index < -0.39 is 0 Å². The number of nitrogens with zero attached hydrogens (tertiary/aromatic N) is 1. The van der Waals surface area contributed by atoms with Crippen LogP contribution in [0.5, 0.6) is 0 Å². The average molecular weight is 207 g/mol. The number of carbonyl (C=O) groups is 1. The number of amides is 1. The molecule has 1 aliphatic heterocycles. The van der Waals surface area contributed by atoms with Crippen LogP contribution in [0.3, 0.4) is 0 Å². The van der Waals surface area contributed by atoms with Crippen LogP contribution in [0, 0.1) is 0 Å². The largest absolute Gasteiger partial charge is 0.331 e. The number of thiophene rings is 1. The molecular formula is C11H13NOS. The van der Waals surface area contributed by atoms with Gasteiger partial charge in [0.1, 0.15) is 0 Å². The molecule has 1 aromatic heterocycles. The van der Waals surface area contributed by atoms with Crippen LogP contribution in [0.2, 0.25) is 0 Å². The molecule has 1 saturated heterocycles. The molecule has 0 radical (unpaired) electrons. The fraction of sp³-hybridized carbons (Fsp3) is 0.364. The number of carbonyl (C=O) groups excluding carboxylic acids is 1. The number of hydrogen-bond acceptors (Lipinski definition) is 2. The van der Waals surface area contributed by atoms with Crippen LogP contribution < -0.4 is 0 Å². The molecule has 1 atom stereocenters. The predicted molar refractivity (Wildman–Crippen MR) is 58.2 cm³/mol. The van der Waals surface area contributed by atoms with Crippen LogP contribution in [0.25, 0.3) is 0 Å². The van der Waals surface area contributed by atoms with Crippen molar-refractivity contribution in [3.8, 4) is 0 Å². The van der Waals surface area contributed by atoms with Crippen LogP contribution in [0.15, 0.2) is 30.2 Å². The Morgan fingerprint density at radius 3 is 3.21 bits per heavy atom. The molecule has 74 valence electrons. The molecule has 1 aromatic rings. The molecule has 3 heteroatoms. The first kappa shape index (κ1) is 9.46. The summed E-state index contributed by atoms with van der Waals surface area (Å²) in [5, 5.41) is 2.06. The summed E-state index contributed by atoms with van der Waals surface area (Å²) in [6, 6.07) is 4.43. The molecule has 14 heavy (non-hydrogen) atoms. The minimum absolute atomic E-state index is 0.0564. The Balaban J connectivity index is 2.19. The third-order valence-corrected chi connectivity index (χ3v) is 3.56. The van der Waals surface area contributed by atoms with Gasteiger partial charge in [-0.2, -0.15) is 0 Å². The Hall–Kier alpha value is -1.09. The lowest BCUT2D eigenvalue weighted by Gasteiger charge is -2.22. The van der Waals surface area contributed by atoms with Crippen LogP contribution in [-0.2, 0) is 4.79 Å². The third-order valence-electron chi connectivity index (χ3n) is 2.58. The highest BCUT2D eigenvalue weighted by atomic mass is 32.1. The molecule has 1 fully saturated rings. The zero-order valence-corrected chi connectivity index (χ0v) is 8.80. The van der Waals surface area contributed by atoms with Gasteiger partial charge in [0.05, 0.1) is 6.04 Å². The minimum atomic E-state index is 0.0564. The summed E-state index contributed by atoms with van der Waals surface area (Å²) in [6.45, 7) is 4.40. The summed E-state index contributed by atoms with van der Waals surface area (Å²) in [5.74, 6) is 0.0564. The van der Waals surface area contributed by atoms with E-state index in [9.17, 15) is 4.79 Å². The number of likely N-dealkylation sites (tertiary alicyclic amines) is 1. The zero-order valence-electron chi connectivity index (χ0n) is 7.98. The molecule has 0 bridgehead atoms. The summed E-state index contributed by atoms with van der Waals surface area (Å²) in [6.07, 6.45) is 3.59. The van der Waals surface area contributed by atoms with Gasteiger partial charge in [-0.25, -0.2) is 0 Å². The van der Waals surface area contributed by atoms with E-state index >= 15 is 0 Å². The molecule has 0 aliphatic carbocycles. The average Bonchev–Trinajstić information content (AvgIpc) is 2.85. The molecular weight excluding hydrogens is 194 g/mol. The molecule has 0 saturated carbocycles. The fourth-order valence-corrected chi connectivity index (χ4v) is 2.80. The van der Waals surface area contributed by atoms with Gasteiger partial charge in [-0.3, -0.25) is 4.79 Å². The molecule has 2 rings (SSSR count). The van der Waals surface area contributed by atoms with E-state index in [2.05, 4.69) is 18.0 Å². The highest BCUT2D eigenvalue weighted by Gasteiger charge is 2.28. The maximum atomic E-state index is 11.5. The van der Waals surface area contributed by atoms with Crippen molar-refractivity contribution in [2.75, 3.05) is 6.54 Å². The minimum Gasteiger partial charge on any atom is -0.331 e. The van der Waals surface area contributed by atoms with Gasteiger partial charge in [-0.15, -0.1) is 11.3 Å². The van der Waals surface area contributed by atoms with Crippen LogP contribution >= 0.6 is 11.3 Å². The lowest BCUT2D eigenvalue weighted by Crippen LogP contribution is -2.28. The lowest BCUT2D eigenvalue weighted by molar-refractivity contribution is -0.126. The molecule has 1 amide bonds. The van der Waals surface area contributed by atoms with E-state index in [0.717, 1.165) is 19.4 Å². The van der Waals surface area contributed by atoms with E-state index in [0.29, 0.717) is 6.04 Å². The summed E-state index contributed by atoms with van der Waals surface area (Å²) in [5.41, 5.74) is 0. The maximum absolute atomic E-state index is 11.5. The predicted octanol–water partition coefficient (Wildman–Crippen LogP) is 2.60. The quantitative estimate of drug-likeness (QED) is 0.683. The maximum Gasteiger partial charge on any atom is 0.246 e. The Kier molecular flexibility index (Phi) is 2.68. The molecule has 0 N–H and O–H groups in total. The normalized spacial score (nSPS) is 21.1. The van der Waals surface area contributed by atoms with Crippen LogP contribution in [0.4, 0.5) is 0 Å². The number of rotatable bonds is 2. The second-order valence-corrected chi connectivity index (χ2v) is 4.39. The second-order valence-electron chi connectivity index (χ2n) is 3.41. The Morgan fingerprint density at radius 2 is 2.57 bits per heavy atom. The SMILES string of the molecule is C=CC(=O)N1CCC[C@@H]1c1cccs1. The first-order valence-corrected chi connectivity index (χ1v) is 5.67. The zero-order chi connectivity index (χ0) is 9.97. The number of hydrogen-bond donors (Lipinski definition) is 0. The van der Waals surface area contributed by atoms with Crippen molar-refractivity contribution in [1.29, 1.82) is 0 Å². The van der Waals surface area contributed by atoms with Crippen molar-refractivity contribution in [1.82, 2.24) is 4.90 Å². The first-order valence-electron chi connectivity index (χ1n) is 4.79. The fourth-order valence-electron chi connectivity index (χ4n) is 1.92. The highest BCUT2D eigenvalue weighted by molar-refractivity contribution is 7.10. The van der Waals surface area contributed by atoms with Crippen molar-refractivity contribution in [2.45, 2.75) is 18.9 Å². The third kappa shape index (κ3) is 1.60. The molecule has 0 aromatic carbocycles. The van der Waals surface area contributed by atoms with Gasteiger partial charge in [-0.1, -0.05) is 12.6 Å². The van der Waals surface area contributed by atoms with Gasteiger partial charge in [0.25, 0.3) is 0 Å². The van der Waals surface area contributed by atoms with Gasteiger partial charge in [0.15, 0.2) is 0 Å². The molecule has 2 nitrogen and oxygen atoms in total. The van der Waals surface area contributed by atoms with Crippen LogP contribution in [-0.4, -0.2) is 17.4 Å². The van der Waals surface area contributed by atoms with Gasteiger partial charge < -0.3 is 4.90 Å². The van der Waals surface area contributed by atoms with E-state index in [1.54, 1.807) is 11.3 Å². The van der Waals surface area contributed by atoms with E-state index in [1.165, 1.54) is 11.0 Å². The summed E-state index contributed by atoms with van der Waals surface area (Å²) in [4.78, 5) is 14.7. The Morgan fingerprint density at radius 1 is 1.71 bits per heavy atom. The Labute approximate surface area is 87.9 Å². The van der Waals surface area contributed by atoms with Crippen LogP contribution in [0.1, 0.15) is 23.8 Å². The first-order chi connectivity index (χ1) is 6.83. The summed E-state index contributed by atoms with van der Waals surface area (Å²) >= 11 is 1.72.